The van der Waals surface area contributed by atoms with Gasteiger partial charge in [0.25, 0.3) is 0 Å². The Hall–Kier alpha value is -0.960. The molecule has 0 bridgehead atoms. The third kappa shape index (κ3) is 3.45. The third-order valence-corrected chi connectivity index (χ3v) is 5.72. The van der Waals surface area contributed by atoms with Gasteiger partial charge < -0.3 is 5.32 Å². The number of rotatable bonds is 3. The highest BCUT2D eigenvalue weighted by Crippen LogP contribution is 2.39. The predicted octanol–water partition coefficient (Wildman–Crippen LogP) is 5.10. The minimum atomic E-state index is 0.407. The van der Waals surface area contributed by atoms with E-state index in [2.05, 4.69) is 48.8 Å². The first-order chi connectivity index (χ1) is 10.3. The van der Waals surface area contributed by atoms with Gasteiger partial charge in [-0.15, -0.1) is 11.8 Å². The van der Waals surface area contributed by atoms with Gasteiger partial charge in [0, 0.05) is 21.2 Å². The summed E-state index contributed by atoms with van der Waals surface area (Å²) in [7, 11) is 2.07. The van der Waals surface area contributed by atoms with E-state index < -0.39 is 0 Å². The van der Waals surface area contributed by atoms with Crippen LogP contribution >= 0.6 is 23.4 Å². The summed E-state index contributed by atoms with van der Waals surface area (Å²) in [5.41, 5.74) is 2.96. The Kier molecular flexibility index (Phi) is 4.89. The third-order valence-electron chi connectivity index (χ3n) is 4.11. The molecule has 1 nitrogen and oxygen atoms in total. The number of nitrogens with one attached hydrogen (secondary N) is 1. The minimum Gasteiger partial charge on any atom is -0.312 e. The van der Waals surface area contributed by atoms with E-state index in [-0.39, 0.29) is 0 Å². The smallest absolute Gasteiger partial charge is 0.0444 e. The van der Waals surface area contributed by atoms with Crippen molar-refractivity contribution < 1.29 is 0 Å². The van der Waals surface area contributed by atoms with Gasteiger partial charge in [0.1, 0.15) is 0 Å². The number of fused-ring (bicyclic) bond motifs is 1. The topological polar surface area (TPSA) is 12.0 Å². The predicted molar refractivity (Wildman–Crippen MR) is 92.3 cm³/mol. The lowest BCUT2D eigenvalue weighted by Gasteiger charge is -2.26. The Morgan fingerprint density at radius 1 is 1.10 bits per heavy atom. The van der Waals surface area contributed by atoms with Crippen molar-refractivity contribution in [3.05, 3.63) is 64.7 Å². The second-order valence-electron chi connectivity index (χ2n) is 5.47. The molecular formula is C18H20ClNS. The quantitative estimate of drug-likeness (QED) is 0.791. The van der Waals surface area contributed by atoms with Crippen molar-refractivity contribution in [2.24, 2.45) is 0 Å². The average molecular weight is 318 g/mol. The van der Waals surface area contributed by atoms with Crippen molar-refractivity contribution in [1.29, 1.82) is 0 Å². The molecule has 2 unspecified atom stereocenters. The number of aryl methyl sites for hydroxylation is 1. The maximum atomic E-state index is 5.98. The van der Waals surface area contributed by atoms with Crippen LogP contribution < -0.4 is 5.32 Å². The van der Waals surface area contributed by atoms with Crippen molar-refractivity contribution in [3.63, 3.8) is 0 Å². The zero-order valence-electron chi connectivity index (χ0n) is 12.2. The normalized spacial score (nSPS) is 21.6. The molecule has 0 saturated heterocycles. The van der Waals surface area contributed by atoms with E-state index in [1.807, 2.05) is 23.9 Å². The second kappa shape index (κ2) is 6.87. The van der Waals surface area contributed by atoms with Crippen LogP contribution in [0.5, 0.6) is 0 Å². The van der Waals surface area contributed by atoms with Gasteiger partial charge in [0.2, 0.25) is 0 Å². The first kappa shape index (κ1) is 15.0. The van der Waals surface area contributed by atoms with Crippen molar-refractivity contribution in [1.82, 2.24) is 5.32 Å². The highest BCUT2D eigenvalue weighted by Gasteiger charge is 2.27. The van der Waals surface area contributed by atoms with Crippen LogP contribution in [0.25, 0.3) is 0 Å². The fourth-order valence-corrected chi connectivity index (χ4v) is 4.55. The molecule has 1 N–H and O–H groups in total. The van der Waals surface area contributed by atoms with E-state index in [9.17, 15) is 0 Å². The zero-order chi connectivity index (χ0) is 14.7. The minimum absolute atomic E-state index is 0.407. The number of hydrogen-bond donors (Lipinski definition) is 1. The van der Waals surface area contributed by atoms with Crippen LogP contribution in [0.1, 0.15) is 30.0 Å². The lowest BCUT2D eigenvalue weighted by atomic mass is 9.99. The molecule has 0 aliphatic heterocycles. The fourth-order valence-electron chi connectivity index (χ4n) is 3.08. The molecule has 0 saturated carbocycles. The summed E-state index contributed by atoms with van der Waals surface area (Å²) >= 11 is 7.94. The van der Waals surface area contributed by atoms with Crippen LogP contribution in [0.15, 0.2) is 53.4 Å². The molecule has 0 spiro atoms. The molecule has 3 heteroatoms. The van der Waals surface area contributed by atoms with E-state index >= 15 is 0 Å². The molecule has 110 valence electrons. The van der Waals surface area contributed by atoms with E-state index in [4.69, 9.17) is 11.6 Å². The van der Waals surface area contributed by atoms with Crippen LogP contribution in [0.3, 0.4) is 0 Å². The second-order valence-corrected chi connectivity index (χ2v) is 7.22. The SMILES string of the molecule is CNC1c2ccccc2CCCC1Sc1ccc(Cl)cc1. The summed E-state index contributed by atoms with van der Waals surface area (Å²) in [6.45, 7) is 0. The van der Waals surface area contributed by atoms with Gasteiger partial charge in [-0.2, -0.15) is 0 Å². The molecule has 1 aliphatic carbocycles. The molecule has 0 fully saturated rings. The summed E-state index contributed by atoms with van der Waals surface area (Å²) < 4.78 is 0. The van der Waals surface area contributed by atoms with Gasteiger partial charge in [0.15, 0.2) is 0 Å². The summed E-state index contributed by atoms with van der Waals surface area (Å²) in [5.74, 6) is 0. The summed E-state index contributed by atoms with van der Waals surface area (Å²) in [5, 5.41) is 4.89. The van der Waals surface area contributed by atoms with Gasteiger partial charge in [-0.3, -0.25) is 0 Å². The van der Waals surface area contributed by atoms with Gasteiger partial charge in [-0.25, -0.2) is 0 Å². The monoisotopic (exact) mass is 317 g/mol. The standard InChI is InChI=1S/C18H20ClNS/c1-20-18-16-7-3-2-5-13(16)6-4-8-17(18)21-15-11-9-14(19)10-12-15/h2-3,5,7,9-12,17-18,20H,4,6,8H2,1H3. The molecule has 2 aromatic rings. The maximum Gasteiger partial charge on any atom is 0.0444 e. The molecule has 0 heterocycles. The molecule has 2 atom stereocenters. The molecule has 3 rings (SSSR count). The van der Waals surface area contributed by atoms with Gasteiger partial charge in [0.05, 0.1) is 0 Å². The highest BCUT2D eigenvalue weighted by atomic mass is 35.5. The van der Waals surface area contributed by atoms with E-state index in [0.717, 1.165) is 5.02 Å². The van der Waals surface area contributed by atoms with Crippen LogP contribution in [0.2, 0.25) is 5.02 Å². The van der Waals surface area contributed by atoms with Gasteiger partial charge in [-0.1, -0.05) is 35.9 Å². The molecular weight excluding hydrogens is 298 g/mol. The average Bonchev–Trinajstić information content (AvgIpc) is 2.68. The van der Waals surface area contributed by atoms with Gasteiger partial charge >= 0.3 is 0 Å². The van der Waals surface area contributed by atoms with Crippen molar-refractivity contribution in [3.8, 4) is 0 Å². The molecule has 21 heavy (non-hydrogen) atoms. The summed E-state index contributed by atoms with van der Waals surface area (Å²) in [6, 6.07) is 17.5. The lowest BCUT2D eigenvalue weighted by Crippen LogP contribution is -2.26. The zero-order valence-corrected chi connectivity index (χ0v) is 13.8. The first-order valence-electron chi connectivity index (χ1n) is 7.45. The van der Waals surface area contributed by atoms with E-state index in [1.54, 1.807) is 0 Å². The Morgan fingerprint density at radius 3 is 2.62 bits per heavy atom. The van der Waals surface area contributed by atoms with E-state index in [1.165, 1.54) is 35.3 Å². The van der Waals surface area contributed by atoms with Crippen LogP contribution in [-0.2, 0) is 6.42 Å². The van der Waals surface area contributed by atoms with Crippen molar-refractivity contribution in [2.45, 2.75) is 35.4 Å². The molecule has 0 amide bonds. The lowest BCUT2D eigenvalue weighted by molar-refractivity contribution is 0.548. The molecule has 0 aromatic heterocycles. The Labute approximate surface area is 136 Å². The maximum absolute atomic E-state index is 5.98. The molecule has 0 radical (unpaired) electrons. The first-order valence-corrected chi connectivity index (χ1v) is 8.71. The summed E-state index contributed by atoms with van der Waals surface area (Å²) in [4.78, 5) is 1.30. The molecule has 1 aliphatic rings. The Balaban J connectivity index is 1.86. The Morgan fingerprint density at radius 2 is 1.86 bits per heavy atom. The van der Waals surface area contributed by atoms with Crippen molar-refractivity contribution in [2.75, 3.05) is 7.05 Å². The largest absolute Gasteiger partial charge is 0.312 e. The number of benzene rings is 2. The fraction of sp³-hybridized carbons (Fsp3) is 0.333. The molecule has 2 aromatic carbocycles. The van der Waals surface area contributed by atoms with Crippen LogP contribution in [0, 0.1) is 0 Å². The number of hydrogen-bond acceptors (Lipinski definition) is 2. The van der Waals surface area contributed by atoms with Gasteiger partial charge in [-0.05, 0) is 61.7 Å². The highest BCUT2D eigenvalue weighted by molar-refractivity contribution is 8.00. The number of thioether (sulfide) groups is 1. The summed E-state index contributed by atoms with van der Waals surface area (Å²) in [6.07, 6.45) is 3.67. The van der Waals surface area contributed by atoms with Crippen molar-refractivity contribution >= 4 is 23.4 Å². The Bertz CT molecular complexity index is 596. The van der Waals surface area contributed by atoms with E-state index in [0.29, 0.717) is 11.3 Å². The van der Waals surface area contributed by atoms with Crippen LogP contribution in [0.4, 0.5) is 0 Å². The number of halogens is 1. The van der Waals surface area contributed by atoms with Crippen LogP contribution in [-0.4, -0.2) is 12.3 Å².